The smallest absolute Gasteiger partial charge is 0.334 e. The molecule has 0 saturated carbocycles. The summed E-state index contributed by atoms with van der Waals surface area (Å²) in [6, 6.07) is 16.3. The molecule has 0 aliphatic carbocycles. The number of aliphatic hydroxyl groups excluding tert-OH is 1. The average molecular weight is 659 g/mol. The Hall–Kier alpha value is -5.20. The van der Waals surface area contributed by atoms with Gasteiger partial charge in [0.1, 0.15) is 18.5 Å². The van der Waals surface area contributed by atoms with Crippen molar-refractivity contribution in [2.24, 2.45) is 0 Å². The third kappa shape index (κ3) is 11.0. The van der Waals surface area contributed by atoms with Crippen LogP contribution < -0.4 is 10.6 Å². The van der Waals surface area contributed by atoms with Gasteiger partial charge in [-0.2, -0.15) is 0 Å². The zero-order valence-electron chi connectivity index (χ0n) is 27.8. The summed E-state index contributed by atoms with van der Waals surface area (Å²) in [5, 5.41) is 26.4. The molecule has 2 aliphatic heterocycles. The van der Waals surface area contributed by atoms with Crippen LogP contribution in [0.3, 0.4) is 0 Å². The second kappa shape index (κ2) is 18.8. The lowest BCUT2D eigenvalue weighted by Gasteiger charge is -2.52. The number of rotatable bonds is 11. The third-order valence-corrected chi connectivity index (χ3v) is 7.56. The van der Waals surface area contributed by atoms with Gasteiger partial charge in [-0.3, -0.25) is 14.4 Å². The molecule has 4 N–H and O–H groups in total. The summed E-state index contributed by atoms with van der Waals surface area (Å²) in [7, 11) is 0. The van der Waals surface area contributed by atoms with E-state index in [1.165, 1.54) is 15.5 Å². The monoisotopic (exact) mass is 658 g/mol. The summed E-state index contributed by atoms with van der Waals surface area (Å²) >= 11 is 0. The van der Waals surface area contributed by atoms with Crippen molar-refractivity contribution in [1.82, 2.24) is 30.5 Å². The van der Waals surface area contributed by atoms with Crippen molar-refractivity contribution >= 4 is 23.8 Å². The number of carbonyl (C=O) groups excluding carboxylic acids is 4. The summed E-state index contributed by atoms with van der Waals surface area (Å²) in [5.74, 6) is -0.390. The lowest BCUT2D eigenvalue weighted by atomic mass is 10.1. The molecule has 0 aromatic heterocycles. The molecule has 2 aromatic rings. The van der Waals surface area contributed by atoms with Crippen LogP contribution in [0.2, 0.25) is 0 Å². The van der Waals surface area contributed by atoms with E-state index in [0.29, 0.717) is 31.0 Å². The van der Waals surface area contributed by atoms with Crippen LogP contribution in [0, 0.1) is 6.92 Å². The molecule has 4 rings (SSSR count). The Balaban J connectivity index is 0.000000681. The first-order chi connectivity index (χ1) is 23.1. The number of carbonyl (C=O) groups is 4. The molecule has 2 heterocycles. The van der Waals surface area contributed by atoms with Gasteiger partial charge in [0.25, 0.3) is 5.91 Å². The number of hydrazine groups is 1. The van der Waals surface area contributed by atoms with Crippen LogP contribution in [0.5, 0.6) is 5.75 Å². The number of nitrogens with one attached hydrogen (secondary N) is 2. The van der Waals surface area contributed by atoms with Crippen molar-refractivity contribution in [2.75, 3.05) is 45.9 Å². The van der Waals surface area contributed by atoms with E-state index in [0.717, 1.165) is 11.1 Å². The highest BCUT2D eigenvalue weighted by atomic mass is 16.3. The fraction of sp³-hybridized carbons (Fsp3) is 0.333. The number of aliphatic hydroxyl groups is 1. The second-order valence-corrected chi connectivity index (χ2v) is 11.3. The number of piperazine rings is 1. The van der Waals surface area contributed by atoms with Crippen LogP contribution in [0.15, 0.2) is 103 Å². The molecule has 0 spiro atoms. The van der Waals surface area contributed by atoms with Gasteiger partial charge in [-0.1, -0.05) is 77.9 Å². The lowest BCUT2D eigenvalue weighted by Crippen LogP contribution is -2.74. The minimum atomic E-state index is -0.664. The number of allylic oxidation sites excluding steroid dienone is 3. The second-order valence-electron chi connectivity index (χ2n) is 11.3. The molecule has 2 saturated heterocycles. The summed E-state index contributed by atoms with van der Waals surface area (Å²) < 4.78 is 0. The molecule has 12 heteroatoms. The highest BCUT2D eigenvalue weighted by Gasteiger charge is 2.46. The molecule has 48 heavy (non-hydrogen) atoms. The van der Waals surface area contributed by atoms with Gasteiger partial charge in [-0.25, -0.2) is 14.8 Å². The standard InChI is InChI=1S/C29H38N6O5.C7H8O/c1-4-15-33-20-27(38)34-21-26(37)32(18-22(3)10-9-13-24(5-2)28(39)30-14-16-36)19-25(34)35(33)29(40)31-17-23-11-7-6-8-12-23;1-6-2-4-7(8)5-3-6/h4-13,25,36H,1,14-21H2,2-3H3,(H,30,39)(H,31,40);2-5,8H,1H3/b13-9-,22-10+,24-5+;. The van der Waals surface area contributed by atoms with E-state index < -0.39 is 6.17 Å². The van der Waals surface area contributed by atoms with Gasteiger partial charge in [-0.15, -0.1) is 6.58 Å². The number of nitrogens with zero attached hydrogens (tertiary/aromatic N) is 4. The molecule has 5 amide bonds. The number of fused-ring (bicyclic) bond motifs is 1. The van der Waals surface area contributed by atoms with Crippen molar-refractivity contribution in [3.8, 4) is 5.75 Å². The SMILES string of the molecule is C=CCN1CC(=O)N2CC(=O)N(C/C(C)=C/C=C\C(=C/C)C(=O)NCCO)CC2N1C(=O)NCc1ccccc1.Cc1ccc(O)cc1. The van der Waals surface area contributed by atoms with Gasteiger partial charge in [0.15, 0.2) is 0 Å². The zero-order valence-corrected chi connectivity index (χ0v) is 27.8. The highest BCUT2D eigenvalue weighted by Crippen LogP contribution is 2.23. The fourth-order valence-corrected chi connectivity index (χ4v) is 5.09. The van der Waals surface area contributed by atoms with Gasteiger partial charge in [0, 0.05) is 31.8 Å². The molecule has 0 bridgehead atoms. The fourth-order valence-electron chi connectivity index (χ4n) is 5.09. The van der Waals surface area contributed by atoms with Gasteiger partial charge in [0.2, 0.25) is 11.8 Å². The van der Waals surface area contributed by atoms with E-state index >= 15 is 0 Å². The maximum atomic E-state index is 13.4. The molecule has 256 valence electrons. The molecule has 12 nitrogen and oxygen atoms in total. The van der Waals surface area contributed by atoms with Crippen LogP contribution >= 0.6 is 0 Å². The lowest BCUT2D eigenvalue weighted by molar-refractivity contribution is -0.179. The highest BCUT2D eigenvalue weighted by molar-refractivity contribution is 5.96. The Morgan fingerprint density at radius 1 is 1.02 bits per heavy atom. The number of phenolic OH excluding ortho intramolecular Hbond substituents is 1. The molecule has 2 aliphatic rings. The Labute approximate surface area is 282 Å². The molecular formula is C36H46N6O6. The number of hydrogen-bond donors (Lipinski definition) is 4. The average Bonchev–Trinajstić information content (AvgIpc) is 3.07. The first-order valence-corrected chi connectivity index (χ1v) is 15.8. The number of phenols is 1. The summed E-state index contributed by atoms with van der Waals surface area (Å²) in [4.78, 5) is 54.6. The molecule has 0 radical (unpaired) electrons. The number of urea groups is 1. The van der Waals surface area contributed by atoms with Crippen molar-refractivity contribution < 1.29 is 29.4 Å². The Morgan fingerprint density at radius 2 is 1.73 bits per heavy atom. The van der Waals surface area contributed by atoms with E-state index in [-0.39, 0.29) is 56.5 Å². The van der Waals surface area contributed by atoms with E-state index in [4.69, 9.17) is 10.2 Å². The molecular weight excluding hydrogens is 612 g/mol. The van der Waals surface area contributed by atoms with Crippen LogP contribution in [0.25, 0.3) is 0 Å². The summed E-state index contributed by atoms with van der Waals surface area (Å²) in [5.41, 5.74) is 3.41. The number of aromatic hydroxyl groups is 1. The molecule has 1 atom stereocenters. The number of aryl methyl sites for hydroxylation is 1. The maximum absolute atomic E-state index is 13.4. The largest absolute Gasteiger partial charge is 0.508 e. The first-order valence-electron chi connectivity index (χ1n) is 15.8. The molecule has 1 unspecified atom stereocenters. The van der Waals surface area contributed by atoms with E-state index in [9.17, 15) is 19.2 Å². The maximum Gasteiger partial charge on any atom is 0.334 e. The van der Waals surface area contributed by atoms with Gasteiger partial charge in [-0.05, 0) is 44.5 Å². The minimum Gasteiger partial charge on any atom is -0.508 e. The normalized spacial score (nSPS) is 17.1. The minimum absolute atomic E-state index is 0.0303. The molecule has 2 aromatic carbocycles. The number of amides is 5. The van der Waals surface area contributed by atoms with Gasteiger partial charge >= 0.3 is 6.03 Å². The van der Waals surface area contributed by atoms with Crippen molar-refractivity contribution in [3.63, 3.8) is 0 Å². The summed E-state index contributed by atoms with van der Waals surface area (Å²) in [6.45, 7) is 10.3. The Kier molecular flexibility index (Phi) is 14.6. The van der Waals surface area contributed by atoms with E-state index in [2.05, 4.69) is 17.2 Å². The zero-order chi connectivity index (χ0) is 35.1. The van der Waals surface area contributed by atoms with Crippen LogP contribution in [-0.4, -0.2) is 106 Å². The molecule has 2 fully saturated rings. The van der Waals surface area contributed by atoms with Crippen LogP contribution in [0.1, 0.15) is 25.0 Å². The first kappa shape index (κ1) is 37.3. The predicted octanol–water partition coefficient (Wildman–Crippen LogP) is 2.87. The van der Waals surface area contributed by atoms with Gasteiger partial charge in [0.05, 0.1) is 19.7 Å². The number of hydrogen-bond acceptors (Lipinski definition) is 7. The van der Waals surface area contributed by atoms with Crippen LogP contribution in [-0.2, 0) is 20.9 Å². The van der Waals surface area contributed by atoms with E-state index in [1.54, 1.807) is 53.3 Å². The topological polar surface area (TPSA) is 146 Å². The summed E-state index contributed by atoms with van der Waals surface area (Å²) in [6.07, 6.45) is 7.83. The van der Waals surface area contributed by atoms with E-state index in [1.807, 2.05) is 62.4 Å². The van der Waals surface area contributed by atoms with Gasteiger partial charge < -0.3 is 30.6 Å². The quantitative estimate of drug-likeness (QED) is 0.165. The van der Waals surface area contributed by atoms with Crippen molar-refractivity contribution in [2.45, 2.75) is 33.5 Å². The number of benzene rings is 2. The predicted molar refractivity (Wildman–Crippen MR) is 184 cm³/mol. The van der Waals surface area contributed by atoms with Crippen LogP contribution in [0.4, 0.5) is 4.79 Å². The Bertz CT molecular complexity index is 1480. The van der Waals surface area contributed by atoms with Crippen molar-refractivity contribution in [3.05, 3.63) is 114 Å². The Morgan fingerprint density at radius 3 is 2.35 bits per heavy atom. The third-order valence-electron chi connectivity index (χ3n) is 7.56. The van der Waals surface area contributed by atoms with Crippen molar-refractivity contribution in [1.29, 1.82) is 0 Å².